The summed E-state index contributed by atoms with van der Waals surface area (Å²) in [5.41, 5.74) is 1.96. The molecule has 1 atom stereocenters. The van der Waals surface area contributed by atoms with E-state index in [1.54, 1.807) is 7.11 Å². The van der Waals surface area contributed by atoms with Crippen molar-refractivity contribution in [1.82, 2.24) is 4.90 Å². The zero-order valence-electron chi connectivity index (χ0n) is 15.8. The number of carbonyl (C=O) groups excluding carboxylic acids is 1. The number of ketones is 1. The highest BCUT2D eigenvalue weighted by Crippen LogP contribution is 2.34. The van der Waals surface area contributed by atoms with E-state index in [-0.39, 0.29) is 11.0 Å². The Morgan fingerprint density at radius 2 is 1.81 bits per heavy atom. The van der Waals surface area contributed by atoms with Crippen LogP contribution in [0, 0.1) is 0 Å². The molecule has 1 heterocycles. The van der Waals surface area contributed by atoms with E-state index >= 15 is 0 Å². The van der Waals surface area contributed by atoms with Crippen LogP contribution >= 0.6 is 11.8 Å². The molecule has 4 nitrogen and oxygen atoms in total. The number of thioether (sulfide) groups is 1. The van der Waals surface area contributed by atoms with Crippen molar-refractivity contribution in [2.75, 3.05) is 45.7 Å². The zero-order chi connectivity index (χ0) is 18.9. The molecule has 0 unspecified atom stereocenters. The summed E-state index contributed by atoms with van der Waals surface area (Å²) in [6, 6.07) is 17.7. The monoisotopic (exact) mass is 385 g/mol. The summed E-state index contributed by atoms with van der Waals surface area (Å²) in [5.74, 6) is 2.03. The molecule has 2 aromatic rings. The second-order valence-corrected chi connectivity index (χ2v) is 7.89. The average Bonchev–Trinajstić information content (AvgIpc) is 2.74. The topological polar surface area (TPSA) is 38.8 Å². The summed E-state index contributed by atoms with van der Waals surface area (Å²) in [7, 11) is 1.67. The number of hydrogen-bond acceptors (Lipinski definition) is 5. The Kier molecular flexibility index (Phi) is 7.75. The fraction of sp³-hybridized carbons (Fsp3) is 0.409. The first-order chi connectivity index (χ1) is 13.3. The fourth-order valence-corrected chi connectivity index (χ4v) is 4.42. The van der Waals surface area contributed by atoms with Crippen molar-refractivity contribution in [2.45, 2.75) is 11.7 Å². The third-order valence-electron chi connectivity index (χ3n) is 4.78. The lowest BCUT2D eigenvalue weighted by Crippen LogP contribution is -2.37. The van der Waals surface area contributed by atoms with Gasteiger partial charge in [0.2, 0.25) is 0 Å². The number of Topliss-reactive ketones (excluding diaryl/α,β-unsaturated/α-hetero) is 1. The number of hydrogen-bond donors (Lipinski definition) is 0. The largest absolute Gasteiger partial charge is 0.497 e. The van der Waals surface area contributed by atoms with Gasteiger partial charge >= 0.3 is 0 Å². The third-order valence-corrected chi connectivity index (χ3v) is 6.04. The van der Waals surface area contributed by atoms with Gasteiger partial charge in [0.05, 0.1) is 20.3 Å². The van der Waals surface area contributed by atoms with Gasteiger partial charge < -0.3 is 9.47 Å². The second kappa shape index (κ2) is 10.5. The van der Waals surface area contributed by atoms with Crippen molar-refractivity contribution in [3.05, 3.63) is 65.7 Å². The van der Waals surface area contributed by atoms with E-state index in [4.69, 9.17) is 9.47 Å². The SMILES string of the molecule is COc1ccc([C@H](CC(=O)c2ccccc2)SCCN2CCOCC2)cc1. The average molecular weight is 386 g/mol. The Morgan fingerprint density at radius 1 is 1.11 bits per heavy atom. The number of benzene rings is 2. The minimum Gasteiger partial charge on any atom is -0.497 e. The summed E-state index contributed by atoms with van der Waals surface area (Å²) in [5, 5.41) is 0.143. The Labute approximate surface area is 165 Å². The van der Waals surface area contributed by atoms with Gasteiger partial charge in [-0.3, -0.25) is 9.69 Å². The van der Waals surface area contributed by atoms with E-state index in [0.717, 1.165) is 49.9 Å². The Hall–Kier alpha value is -1.82. The second-order valence-electron chi connectivity index (χ2n) is 6.58. The van der Waals surface area contributed by atoms with Crippen molar-refractivity contribution >= 4 is 17.5 Å². The van der Waals surface area contributed by atoms with Gasteiger partial charge in [-0.2, -0.15) is 11.8 Å². The molecular weight excluding hydrogens is 358 g/mol. The molecule has 1 aliphatic rings. The molecule has 27 heavy (non-hydrogen) atoms. The lowest BCUT2D eigenvalue weighted by Gasteiger charge is -2.27. The summed E-state index contributed by atoms with van der Waals surface area (Å²) >= 11 is 1.86. The van der Waals surface area contributed by atoms with E-state index < -0.39 is 0 Å². The van der Waals surface area contributed by atoms with Crippen LogP contribution in [0.1, 0.15) is 27.6 Å². The summed E-state index contributed by atoms with van der Waals surface area (Å²) in [4.78, 5) is 15.2. The summed E-state index contributed by atoms with van der Waals surface area (Å²) in [6.07, 6.45) is 0.504. The number of rotatable bonds is 9. The molecule has 144 valence electrons. The van der Waals surface area contributed by atoms with Crippen LogP contribution in [0.25, 0.3) is 0 Å². The molecule has 1 fully saturated rings. The molecule has 0 bridgehead atoms. The van der Waals surface area contributed by atoms with Crippen molar-refractivity contribution < 1.29 is 14.3 Å². The first kappa shape index (κ1) is 19.9. The van der Waals surface area contributed by atoms with Crippen molar-refractivity contribution in [3.8, 4) is 5.75 Å². The predicted octanol–water partition coefficient (Wildman–Crippen LogP) is 4.07. The first-order valence-electron chi connectivity index (χ1n) is 9.40. The van der Waals surface area contributed by atoms with Crippen LogP contribution in [0.3, 0.4) is 0 Å². The minimum absolute atomic E-state index is 0.143. The van der Waals surface area contributed by atoms with Crippen LogP contribution in [0.5, 0.6) is 5.75 Å². The minimum atomic E-state index is 0.143. The first-order valence-corrected chi connectivity index (χ1v) is 10.4. The molecule has 0 saturated carbocycles. The van der Waals surface area contributed by atoms with Gasteiger partial charge in [0.1, 0.15) is 5.75 Å². The van der Waals surface area contributed by atoms with E-state index in [2.05, 4.69) is 17.0 Å². The zero-order valence-corrected chi connectivity index (χ0v) is 16.6. The van der Waals surface area contributed by atoms with Gasteiger partial charge in [-0.25, -0.2) is 0 Å². The molecule has 0 aromatic heterocycles. The quantitative estimate of drug-likeness (QED) is 0.608. The highest BCUT2D eigenvalue weighted by molar-refractivity contribution is 7.99. The standard InChI is InChI=1S/C22H27NO3S/c1-25-20-9-7-19(8-10-20)22(17-21(24)18-5-3-2-4-6-18)27-16-13-23-11-14-26-15-12-23/h2-10,22H,11-17H2,1H3/t22-/m0/s1. The van der Waals surface area contributed by atoms with Gasteiger partial charge in [0, 0.05) is 42.6 Å². The van der Waals surface area contributed by atoms with Gasteiger partial charge in [0.15, 0.2) is 5.78 Å². The van der Waals surface area contributed by atoms with Crippen LogP contribution in [-0.4, -0.2) is 56.4 Å². The summed E-state index contributed by atoms with van der Waals surface area (Å²) < 4.78 is 10.7. The number of morpholine rings is 1. The van der Waals surface area contributed by atoms with Gasteiger partial charge in [-0.15, -0.1) is 0 Å². The molecule has 0 radical (unpaired) electrons. The highest BCUT2D eigenvalue weighted by Gasteiger charge is 2.19. The van der Waals surface area contributed by atoms with Gasteiger partial charge in [-0.1, -0.05) is 42.5 Å². The molecular formula is C22H27NO3S. The lowest BCUT2D eigenvalue weighted by atomic mass is 10.0. The lowest BCUT2D eigenvalue weighted by molar-refractivity contribution is 0.0410. The molecule has 1 aliphatic heterocycles. The number of ether oxygens (including phenoxy) is 2. The molecule has 0 aliphatic carbocycles. The highest BCUT2D eigenvalue weighted by atomic mass is 32.2. The van der Waals surface area contributed by atoms with Crippen LogP contribution in [0.2, 0.25) is 0 Å². The van der Waals surface area contributed by atoms with Crippen LogP contribution < -0.4 is 4.74 Å². The Morgan fingerprint density at radius 3 is 2.48 bits per heavy atom. The van der Waals surface area contributed by atoms with E-state index in [0.29, 0.717) is 6.42 Å². The Balaban J connectivity index is 1.64. The van der Waals surface area contributed by atoms with Gasteiger partial charge in [0.25, 0.3) is 0 Å². The van der Waals surface area contributed by atoms with Crippen LogP contribution in [-0.2, 0) is 4.74 Å². The van der Waals surface area contributed by atoms with E-state index in [1.165, 1.54) is 5.56 Å². The van der Waals surface area contributed by atoms with Crippen LogP contribution in [0.15, 0.2) is 54.6 Å². The maximum atomic E-state index is 12.8. The van der Waals surface area contributed by atoms with Crippen molar-refractivity contribution in [1.29, 1.82) is 0 Å². The fourth-order valence-electron chi connectivity index (χ4n) is 3.15. The van der Waals surface area contributed by atoms with Gasteiger partial charge in [-0.05, 0) is 17.7 Å². The molecule has 3 rings (SSSR count). The number of carbonyl (C=O) groups is 1. The molecule has 0 N–H and O–H groups in total. The predicted molar refractivity (Wildman–Crippen MR) is 111 cm³/mol. The smallest absolute Gasteiger partial charge is 0.164 e. The molecule has 0 spiro atoms. The normalized spacial score (nSPS) is 16.0. The van der Waals surface area contributed by atoms with Crippen LogP contribution in [0.4, 0.5) is 0 Å². The maximum Gasteiger partial charge on any atom is 0.164 e. The molecule has 0 amide bonds. The third kappa shape index (κ3) is 6.09. The maximum absolute atomic E-state index is 12.8. The van der Waals surface area contributed by atoms with E-state index in [1.807, 2.05) is 54.2 Å². The number of methoxy groups -OCH3 is 1. The number of nitrogens with zero attached hydrogens (tertiary/aromatic N) is 1. The Bertz CT molecular complexity index is 699. The van der Waals surface area contributed by atoms with E-state index in [9.17, 15) is 4.79 Å². The van der Waals surface area contributed by atoms with Crippen molar-refractivity contribution in [3.63, 3.8) is 0 Å². The molecule has 5 heteroatoms. The summed E-state index contributed by atoms with van der Waals surface area (Å²) in [6.45, 7) is 4.66. The molecule has 1 saturated heterocycles. The molecule has 2 aromatic carbocycles. The van der Waals surface area contributed by atoms with Crippen molar-refractivity contribution in [2.24, 2.45) is 0 Å².